The van der Waals surface area contributed by atoms with Crippen LogP contribution in [-0.4, -0.2) is 28.4 Å². The van der Waals surface area contributed by atoms with Crippen molar-refractivity contribution in [2.45, 2.75) is 102 Å². The topological polar surface area (TPSA) is 121 Å². The first-order valence-corrected chi connectivity index (χ1v) is 9.60. The first kappa shape index (κ1) is 27.8. The molecule has 7 heteroatoms. The number of carbonyl (C=O) groups excluding carboxylic acids is 2. The van der Waals surface area contributed by atoms with Crippen molar-refractivity contribution < 1.29 is 54.2 Å². The molecule has 3 N–H and O–H groups in total. The predicted molar refractivity (Wildman–Crippen MR) is 94.9 cm³/mol. The van der Waals surface area contributed by atoms with Gasteiger partial charge in [-0.05, 0) is 12.8 Å². The van der Waals surface area contributed by atoms with Crippen molar-refractivity contribution >= 4 is 17.7 Å². The van der Waals surface area contributed by atoms with Crippen LogP contribution in [0.3, 0.4) is 0 Å². The summed E-state index contributed by atoms with van der Waals surface area (Å²) in [6, 6.07) is 0. The molecule has 0 amide bonds. The summed E-state index contributed by atoms with van der Waals surface area (Å²) in [5.74, 6) is -3.51. The summed E-state index contributed by atoms with van der Waals surface area (Å²) in [4.78, 5) is 33.7. The molecule has 0 heterocycles. The molecule has 0 aliphatic rings. The van der Waals surface area contributed by atoms with E-state index >= 15 is 0 Å². The Balaban J connectivity index is 0. The van der Waals surface area contributed by atoms with Gasteiger partial charge in [0.1, 0.15) is 5.54 Å². The van der Waals surface area contributed by atoms with Crippen LogP contribution in [0.15, 0.2) is 0 Å². The van der Waals surface area contributed by atoms with Crippen LogP contribution in [0.1, 0.15) is 96.8 Å². The summed E-state index contributed by atoms with van der Waals surface area (Å²) in [5, 5.41) is 19.8. The van der Waals surface area contributed by atoms with Gasteiger partial charge in [-0.25, -0.2) is 0 Å². The number of nitrogens with two attached hydrogens (primary N) is 1. The molecule has 0 bridgehead atoms. The first-order valence-electron chi connectivity index (χ1n) is 9.60. The Morgan fingerprint density at radius 3 is 1.65 bits per heavy atom. The van der Waals surface area contributed by atoms with Crippen LogP contribution in [0.4, 0.5) is 0 Å². The molecular formula is C19H34NNaO5. The average Bonchev–Trinajstić information content (AvgIpc) is 2.57. The van der Waals surface area contributed by atoms with Crippen molar-refractivity contribution in [3.63, 3.8) is 0 Å². The number of Topliss-reactive ketones (excluding diaryl/α,β-unsaturated/α-hetero) is 1. The van der Waals surface area contributed by atoms with Gasteiger partial charge in [0.15, 0.2) is 5.78 Å². The van der Waals surface area contributed by atoms with Crippen molar-refractivity contribution in [2.24, 2.45) is 5.73 Å². The number of unbranched alkanes of at least 4 members (excludes halogenated alkanes) is 10. The maximum atomic E-state index is 12.0. The molecule has 0 aromatic heterocycles. The summed E-state index contributed by atoms with van der Waals surface area (Å²) in [6.07, 6.45) is 11.6. The molecule has 0 saturated heterocycles. The Kier molecular flexibility index (Phi) is 17.9. The fraction of sp³-hybridized carbons (Fsp3) is 0.842. The largest absolute Gasteiger partial charge is 1.00 e. The molecule has 1 atom stereocenters. The normalized spacial score (nSPS) is 12.8. The number of carbonyl (C=O) groups is 3. The molecule has 0 radical (unpaired) electrons. The van der Waals surface area contributed by atoms with E-state index in [2.05, 4.69) is 6.92 Å². The molecular weight excluding hydrogens is 345 g/mol. The number of ketones is 1. The second-order valence-electron chi connectivity index (χ2n) is 6.86. The summed E-state index contributed by atoms with van der Waals surface area (Å²) in [6.45, 7) is 2.21. The van der Waals surface area contributed by atoms with Crippen LogP contribution in [0.5, 0.6) is 0 Å². The molecule has 0 aromatic rings. The molecule has 0 spiro atoms. The van der Waals surface area contributed by atoms with Crippen molar-refractivity contribution in [2.75, 3.05) is 0 Å². The van der Waals surface area contributed by atoms with Gasteiger partial charge in [-0.15, -0.1) is 0 Å². The fourth-order valence-electron chi connectivity index (χ4n) is 2.83. The van der Waals surface area contributed by atoms with Gasteiger partial charge in [0, 0.05) is 12.8 Å². The Bertz CT molecular complexity index is 417. The Morgan fingerprint density at radius 2 is 1.27 bits per heavy atom. The van der Waals surface area contributed by atoms with E-state index in [1.165, 1.54) is 44.9 Å². The number of rotatable bonds is 17. The second-order valence-corrected chi connectivity index (χ2v) is 6.86. The van der Waals surface area contributed by atoms with Crippen LogP contribution in [0.2, 0.25) is 0 Å². The van der Waals surface area contributed by atoms with E-state index in [1.54, 1.807) is 0 Å². The van der Waals surface area contributed by atoms with Crippen LogP contribution in [0, 0.1) is 0 Å². The summed E-state index contributed by atoms with van der Waals surface area (Å²) < 4.78 is 0. The molecule has 0 unspecified atom stereocenters. The maximum Gasteiger partial charge on any atom is 1.00 e. The molecule has 6 nitrogen and oxygen atoms in total. The minimum absolute atomic E-state index is 0. The number of hydrogen-bond donors (Lipinski definition) is 2. The molecule has 26 heavy (non-hydrogen) atoms. The van der Waals surface area contributed by atoms with Crippen LogP contribution < -0.4 is 40.4 Å². The summed E-state index contributed by atoms with van der Waals surface area (Å²) in [5.41, 5.74) is 3.40. The molecule has 0 aliphatic heterocycles. The van der Waals surface area contributed by atoms with E-state index in [0.717, 1.165) is 19.3 Å². The molecule has 0 rings (SSSR count). The van der Waals surface area contributed by atoms with Gasteiger partial charge in [0.25, 0.3) is 0 Å². The molecule has 0 fully saturated rings. The van der Waals surface area contributed by atoms with Crippen molar-refractivity contribution in [1.29, 1.82) is 0 Å². The summed E-state index contributed by atoms with van der Waals surface area (Å²) in [7, 11) is 0. The fourth-order valence-corrected chi connectivity index (χ4v) is 2.83. The molecule has 146 valence electrons. The maximum absolute atomic E-state index is 12.0. The van der Waals surface area contributed by atoms with E-state index in [4.69, 9.17) is 10.8 Å². The standard InChI is InChI=1S/C19H35NO5.Na/c1-2-3-4-5-6-7-8-9-10-11-12-13-16(21)19(20,18(24)25)15-14-17(22)23;/h2-15,20H2,1H3,(H,22,23)(H,24,25);/q;+1/p-1/t19-;/m1./s1. The second kappa shape index (κ2) is 16.7. The Morgan fingerprint density at radius 1 is 0.846 bits per heavy atom. The van der Waals surface area contributed by atoms with Crippen molar-refractivity contribution in [3.05, 3.63) is 0 Å². The van der Waals surface area contributed by atoms with Gasteiger partial charge in [0.05, 0.1) is 5.97 Å². The smallest absolute Gasteiger partial charge is 0.548 e. The monoisotopic (exact) mass is 379 g/mol. The summed E-state index contributed by atoms with van der Waals surface area (Å²) >= 11 is 0. The molecule has 0 aromatic carbocycles. The van der Waals surface area contributed by atoms with Gasteiger partial charge in [-0.2, -0.15) is 0 Å². The average molecular weight is 379 g/mol. The van der Waals surface area contributed by atoms with Gasteiger partial charge < -0.3 is 20.7 Å². The SMILES string of the molecule is CCCCCCCCCCCCCC(=O)[C@](N)(CCC(=O)O)C(=O)[O-].[Na+]. The quantitative estimate of drug-likeness (QED) is 0.201. The number of hydrogen-bond acceptors (Lipinski definition) is 5. The van der Waals surface area contributed by atoms with E-state index in [-0.39, 0.29) is 36.0 Å². The zero-order valence-electron chi connectivity index (χ0n) is 16.6. The zero-order valence-corrected chi connectivity index (χ0v) is 18.6. The van der Waals surface area contributed by atoms with E-state index in [9.17, 15) is 19.5 Å². The minimum Gasteiger partial charge on any atom is -0.548 e. The molecule has 0 saturated carbocycles. The Labute approximate surface area is 179 Å². The number of carboxylic acid groups (broad SMARTS) is 2. The van der Waals surface area contributed by atoms with Gasteiger partial charge in [-0.3, -0.25) is 9.59 Å². The number of carboxylic acids is 2. The third-order valence-corrected chi connectivity index (χ3v) is 4.60. The third kappa shape index (κ3) is 12.8. The number of aliphatic carboxylic acids is 2. The van der Waals surface area contributed by atoms with Gasteiger partial charge in [-0.1, -0.05) is 71.1 Å². The van der Waals surface area contributed by atoms with Crippen LogP contribution in [-0.2, 0) is 14.4 Å². The molecule has 0 aliphatic carbocycles. The van der Waals surface area contributed by atoms with Crippen LogP contribution >= 0.6 is 0 Å². The first-order chi connectivity index (χ1) is 11.8. The zero-order chi connectivity index (χ0) is 19.1. The Hall–Kier alpha value is -0.430. The van der Waals surface area contributed by atoms with Crippen molar-refractivity contribution in [1.82, 2.24) is 0 Å². The van der Waals surface area contributed by atoms with E-state index < -0.39 is 36.1 Å². The van der Waals surface area contributed by atoms with E-state index in [1.807, 2.05) is 0 Å². The van der Waals surface area contributed by atoms with E-state index in [0.29, 0.717) is 6.42 Å². The predicted octanol–water partition coefficient (Wildman–Crippen LogP) is -0.427. The van der Waals surface area contributed by atoms with Gasteiger partial charge in [0.2, 0.25) is 0 Å². The van der Waals surface area contributed by atoms with Gasteiger partial charge >= 0.3 is 35.5 Å². The minimum atomic E-state index is -2.18. The van der Waals surface area contributed by atoms with Crippen molar-refractivity contribution in [3.8, 4) is 0 Å². The third-order valence-electron chi connectivity index (χ3n) is 4.60. The van der Waals surface area contributed by atoms with Crippen LogP contribution in [0.25, 0.3) is 0 Å².